The summed E-state index contributed by atoms with van der Waals surface area (Å²) in [5, 5.41) is 0.288. The van der Waals surface area contributed by atoms with Crippen LogP contribution in [-0.4, -0.2) is 39.0 Å². The molecule has 0 radical (unpaired) electrons. The molecular weight excluding hydrogens is 300 g/mol. The summed E-state index contributed by atoms with van der Waals surface area (Å²) in [7, 11) is -2.03. The third kappa shape index (κ3) is 2.93. The van der Waals surface area contributed by atoms with E-state index in [0.29, 0.717) is 18.8 Å². The van der Waals surface area contributed by atoms with Crippen LogP contribution in [0.4, 0.5) is 0 Å². The largest absolute Gasteiger partial charge is 0.495 e. The topological polar surface area (TPSA) is 72.6 Å². The Balaban J connectivity index is 2.25. The van der Waals surface area contributed by atoms with Crippen LogP contribution in [0.15, 0.2) is 23.1 Å². The molecule has 2 N–H and O–H groups in total. The van der Waals surface area contributed by atoms with Gasteiger partial charge in [-0.3, -0.25) is 0 Å². The molecule has 112 valence electrons. The van der Waals surface area contributed by atoms with E-state index in [0.717, 1.165) is 6.42 Å². The average molecular weight is 319 g/mol. The van der Waals surface area contributed by atoms with Crippen LogP contribution in [-0.2, 0) is 10.0 Å². The van der Waals surface area contributed by atoms with Gasteiger partial charge in [0.25, 0.3) is 0 Å². The lowest BCUT2D eigenvalue weighted by Crippen LogP contribution is -2.33. The van der Waals surface area contributed by atoms with Gasteiger partial charge in [0.2, 0.25) is 10.0 Å². The number of hydrogen-bond acceptors (Lipinski definition) is 4. The molecule has 0 aromatic heterocycles. The lowest BCUT2D eigenvalue weighted by Gasteiger charge is -2.18. The monoisotopic (exact) mass is 318 g/mol. The third-order valence-electron chi connectivity index (χ3n) is 3.69. The number of nitrogens with zero attached hydrogens (tertiary/aromatic N) is 1. The molecule has 2 atom stereocenters. The fourth-order valence-electron chi connectivity index (χ4n) is 2.36. The number of ether oxygens (including phenoxy) is 1. The van der Waals surface area contributed by atoms with Crippen LogP contribution < -0.4 is 10.5 Å². The molecule has 1 saturated heterocycles. The maximum absolute atomic E-state index is 12.5. The highest BCUT2D eigenvalue weighted by Gasteiger charge is 2.34. The number of sulfonamides is 1. The van der Waals surface area contributed by atoms with E-state index in [4.69, 9.17) is 22.1 Å². The molecule has 2 rings (SSSR count). The van der Waals surface area contributed by atoms with Crippen molar-refractivity contribution in [3.63, 3.8) is 0 Å². The van der Waals surface area contributed by atoms with Gasteiger partial charge < -0.3 is 10.5 Å². The second-order valence-corrected chi connectivity index (χ2v) is 7.41. The summed E-state index contributed by atoms with van der Waals surface area (Å²) in [6.07, 6.45) is 0.792. The van der Waals surface area contributed by atoms with Crippen molar-refractivity contribution < 1.29 is 13.2 Å². The van der Waals surface area contributed by atoms with Crippen LogP contribution in [0.1, 0.15) is 13.3 Å². The molecule has 2 unspecified atom stereocenters. The smallest absolute Gasteiger partial charge is 0.243 e. The Morgan fingerprint density at radius 1 is 1.50 bits per heavy atom. The molecule has 1 fully saturated rings. The van der Waals surface area contributed by atoms with E-state index >= 15 is 0 Å². The minimum Gasteiger partial charge on any atom is -0.495 e. The molecule has 1 aliphatic rings. The van der Waals surface area contributed by atoms with Crippen LogP contribution in [0, 0.1) is 5.92 Å². The van der Waals surface area contributed by atoms with Crippen molar-refractivity contribution in [2.75, 3.05) is 20.2 Å². The van der Waals surface area contributed by atoms with E-state index in [1.807, 2.05) is 6.92 Å². The van der Waals surface area contributed by atoms with Crippen molar-refractivity contribution in [2.24, 2.45) is 11.7 Å². The summed E-state index contributed by atoms with van der Waals surface area (Å²) in [6.45, 7) is 2.87. The zero-order valence-electron chi connectivity index (χ0n) is 11.5. The van der Waals surface area contributed by atoms with Gasteiger partial charge in [-0.05, 0) is 37.5 Å². The van der Waals surface area contributed by atoms with Crippen LogP contribution >= 0.6 is 11.6 Å². The minimum absolute atomic E-state index is 0.00495. The second kappa shape index (κ2) is 5.89. The number of methoxy groups -OCH3 is 1. The summed E-state index contributed by atoms with van der Waals surface area (Å²) in [6, 6.07) is 4.50. The van der Waals surface area contributed by atoms with Crippen molar-refractivity contribution in [1.29, 1.82) is 0 Å². The number of benzene rings is 1. The molecular formula is C13H19ClN2O3S. The van der Waals surface area contributed by atoms with Crippen LogP contribution in [0.3, 0.4) is 0 Å². The molecule has 0 bridgehead atoms. The van der Waals surface area contributed by atoms with Gasteiger partial charge in [-0.15, -0.1) is 0 Å². The predicted molar refractivity (Wildman–Crippen MR) is 78.5 cm³/mol. The van der Waals surface area contributed by atoms with Gasteiger partial charge in [0.05, 0.1) is 17.0 Å². The van der Waals surface area contributed by atoms with Crippen molar-refractivity contribution >= 4 is 21.6 Å². The van der Waals surface area contributed by atoms with Gasteiger partial charge in [0.15, 0.2) is 0 Å². The van der Waals surface area contributed by atoms with Gasteiger partial charge in [0, 0.05) is 19.1 Å². The quantitative estimate of drug-likeness (QED) is 0.917. The normalized spacial score (nSPS) is 21.9. The van der Waals surface area contributed by atoms with Gasteiger partial charge in [-0.25, -0.2) is 8.42 Å². The molecule has 7 heteroatoms. The lowest BCUT2D eigenvalue weighted by atomic mass is 10.0. The minimum atomic E-state index is -3.51. The molecule has 0 spiro atoms. The Bertz CT molecular complexity index is 589. The van der Waals surface area contributed by atoms with Crippen molar-refractivity contribution in [3.05, 3.63) is 23.2 Å². The highest BCUT2D eigenvalue weighted by molar-refractivity contribution is 7.89. The van der Waals surface area contributed by atoms with E-state index in [2.05, 4.69) is 0 Å². The summed E-state index contributed by atoms with van der Waals surface area (Å²) in [5.41, 5.74) is 5.84. The molecule has 0 saturated carbocycles. The Labute approximate surface area is 124 Å². The molecule has 1 aromatic rings. The summed E-state index contributed by atoms with van der Waals surface area (Å²) in [4.78, 5) is 0.189. The second-order valence-electron chi connectivity index (χ2n) is 5.07. The maximum Gasteiger partial charge on any atom is 0.243 e. The van der Waals surface area contributed by atoms with E-state index < -0.39 is 10.0 Å². The van der Waals surface area contributed by atoms with E-state index in [1.54, 1.807) is 6.07 Å². The van der Waals surface area contributed by atoms with Crippen molar-refractivity contribution in [1.82, 2.24) is 4.31 Å². The maximum atomic E-state index is 12.5. The molecule has 20 heavy (non-hydrogen) atoms. The first kappa shape index (κ1) is 15.6. The summed E-state index contributed by atoms with van der Waals surface area (Å²) in [5.74, 6) is 0.666. The molecule has 0 amide bonds. The molecule has 0 aliphatic carbocycles. The van der Waals surface area contributed by atoms with Crippen molar-refractivity contribution in [3.8, 4) is 5.75 Å². The van der Waals surface area contributed by atoms with Crippen LogP contribution in [0.5, 0.6) is 5.75 Å². The van der Waals surface area contributed by atoms with Gasteiger partial charge in [0.1, 0.15) is 5.75 Å². The first-order valence-corrected chi connectivity index (χ1v) is 8.27. The average Bonchev–Trinajstić information content (AvgIpc) is 2.89. The van der Waals surface area contributed by atoms with E-state index in [9.17, 15) is 8.42 Å². The number of hydrogen-bond donors (Lipinski definition) is 1. The lowest BCUT2D eigenvalue weighted by molar-refractivity contribution is 0.414. The fraction of sp³-hybridized carbons (Fsp3) is 0.538. The Morgan fingerprint density at radius 2 is 2.20 bits per heavy atom. The zero-order chi connectivity index (χ0) is 14.9. The van der Waals surface area contributed by atoms with Crippen LogP contribution in [0.25, 0.3) is 0 Å². The molecule has 5 nitrogen and oxygen atoms in total. The van der Waals surface area contributed by atoms with Crippen LogP contribution in [0.2, 0.25) is 5.02 Å². The Morgan fingerprint density at radius 3 is 2.70 bits per heavy atom. The predicted octanol–water partition coefficient (Wildman–Crippen LogP) is 1.71. The molecule has 1 aromatic carbocycles. The van der Waals surface area contributed by atoms with Crippen molar-refractivity contribution in [2.45, 2.75) is 24.3 Å². The first-order valence-electron chi connectivity index (χ1n) is 6.45. The summed E-state index contributed by atoms with van der Waals surface area (Å²) >= 11 is 5.99. The van der Waals surface area contributed by atoms with Gasteiger partial charge in [-0.2, -0.15) is 4.31 Å². The highest BCUT2D eigenvalue weighted by Crippen LogP contribution is 2.30. The first-order chi connectivity index (χ1) is 9.36. The van der Waals surface area contributed by atoms with E-state index in [1.165, 1.54) is 23.5 Å². The number of nitrogens with two attached hydrogens (primary N) is 1. The summed E-state index contributed by atoms with van der Waals surface area (Å²) < 4.78 is 31.6. The zero-order valence-corrected chi connectivity index (χ0v) is 13.1. The standard InChI is InChI=1S/C13H19ClN2O3S/c1-9(15)10-5-6-16(8-10)20(17,18)11-3-4-13(19-2)12(14)7-11/h3-4,7,9-10H,5-6,8,15H2,1-2H3. The van der Waals surface area contributed by atoms with E-state index in [-0.39, 0.29) is 21.9 Å². The van der Waals surface area contributed by atoms with Gasteiger partial charge in [-0.1, -0.05) is 11.6 Å². The molecule has 1 heterocycles. The third-order valence-corrected chi connectivity index (χ3v) is 5.85. The Kier molecular flexibility index (Phi) is 4.59. The highest BCUT2D eigenvalue weighted by atomic mass is 35.5. The fourth-order valence-corrected chi connectivity index (χ4v) is 4.22. The Hall–Kier alpha value is -0.820. The molecule has 1 aliphatic heterocycles. The number of rotatable bonds is 4. The van der Waals surface area contributed by atoms with Gasteiger partial charge >= 0.3 is 0 Å². The number of halogens is 1. The SMILES string of the molecule is COc1ccc(S(=O)(=O)N2CCC(C(C)N)C2)cc1Cl.